The Morgan fingerprint density at radius 1 is 1.38 bits per heavy atom. The number of carbonyl (C=O) groups is 1. The van der Waals surface area contributed by atoms with Crippen molar-refractivity contribution in [3.8, 4) is 0 Å². The molecule has 1 saturated heterocycles. The van der Waals surface area contributed by atoms with Crippen molar-refractivity contribution < 1.29 is 18.8 Å². The first-order valence-corrected chi connectivity index (χ1v) is 7.70. The van der Waals surface area contributed by atoms with Crippen molar-refractivity contribution in [2.75, 3.05) is 13.7 Å². The Labute approximate surface area is 124 Å². The van der Waals surface area contributed by atoms with Crippen LogP contribution < -0.4 is 0 Å². The quantitative estimate of drug-likeness (QED) is 0.794. The lowest BCUT2D eigenvalue weighted by Gasteiger charge is -2.18. The molecular formula is C15H22N2O4. The lowest BCUT2D eigenvalue weighted by atomic mass is 9.90. The van der Waals surface area contributed by atoms with Crippen LogP contribution in [0.1, 0.15) is 63.1 Å². The van der Waals surface area contributed by atoms with Crippen LogP contribution in [0.25, 0.3) is 0 Å². The Balaban J connectivity index is 1.86. The first-order valence-electron chi connectivity index (χ1n) is 7.70. The SMILES string of the molecule is COC(=O)C(c1nc(C2(C)CCCO2)no1)C1CCCC1. The largest absolute Gasteiger partial charge is 0.468 e. The summed E-state index contributed by atoms with van der Waals surface area (Å²) < 4.78 is 16.1. The molecule has 2 unspecified atom stereocenters. The molecule has 21 heavy (non-hydrogen) atoms. The Hall–Kier alpha value is -1.43. The van der Waals surface area contributed by atoms with E-state index in [1.165, 1.54) is 7.11 Å². The van der Waals surface area contributed by atoms with E-state index in [4.69, 9.17) is 14.0 Å². The van der Waals surface area contributed by atoms with Gasteiger partial charge in [0.2, 0.25) is 11.7 Å². The molecule has 2 heterocycles. The number of hydrogen-bond donors (Lipinski definition) is 0. The Bertz CT molecular complexity index is 502. The van der Waals surface area contributed by atoms with Crippen molar-refractivity contribution in [2.45, 2.75) is 57.0 Å². The van der Waals surface area contributed by atoms with Gasteiger partial charge in [0.05, 0.1) is 7.11 Å². The number of hydrogen-bond acceptors (Lipinski definition) is 6. The number of esters is 1. The Kier molecular flexibility index (Phi) is 3.97. The van der Waals surface area contributed by atoms with Crippen LogP contribution in [0.2, 0.25) is 0 Å². The minimum atomic E-state index is -0.488. The van der Waals surface area contributed by atoms with E-state index in [1.54, 1.807) is 0 Å². The average molecular weight is 294 g/mol. The fourth-order valence-corrected chi connectivity index (χ4v) is 3.44. The molecular weight excluding hydrogens is 272 g/mol. The van der Waals surface area contributed by atoms with Crippen LogP contribution in [-0.2, 0) is 19.9 Å². The van der Waals surface area contributed by atoms with E-state index in [0.29, 0.717) is 18.3 Å². The second kappa shape index (κ2) is 5.75. The summed E-state index contributed by atoms with van der Waals surface area (Å²) in [6.45, 7) is 2.68. The van der Waals surface area contributed by atoms with Gasteiger partial charge in [-0.3, -0.25) is 4.79 Å². The first kappa shape index (κ1) is 14.5. The summed E-state index contributed by atoms with van der Waals surface area (Å²) in [6.07, 6.45) is 6.15. The van der Waals surface area contributed by atoms with E-state index in [0.717, 1.165) is 38.5 Å². The van der Waals surface area contributed by atoms with Gasteiger partial charge in [0.15, 0.2) is 0 Å². The zero-order valence-electron chi connectivity index (χ0n) is 12.6. The standard InChI is InChI=1S/C15H22N2O4/c1-15(8-5-9-20-15)14-16-12(21-17-14)11(13(18)19-2)10-6-3-4-7-10/h10-11H,3-9H2,1-2H3. The summed E-state index contributed by atoms with van der Waals surface area (Å²) in [5.74, 6) is 0.434. The molecule has 116 valence electrons. The molecule has 1 saturated carbocycles. The third-order valence-electron chi connectivity index (χ3n) is 4.73. The van der Waals surface area contributed by atoms with E-state index in [-0.39, 0.29) is 11.9 Å². The van der Waals surface area contributed by atoms with Gasteiger partial charge >= 0.3 is 5.97 Å². The zero-order chi connectivity index (χ0) is 14.9. The van der Waals surface area contributed by atoms with Gasteiger partial charge in [-0.15, -0.1) is 0 Å². The first-order chi connectivity index (χ1) is 10.1. The molecule has 0 aromatic carbocycles. The predicted octanol–water partition coefficient (Wildman–Crippen LogP) is 2.54. The molecule has 1 aromatic heterocycles. The van der Waals surface area contributed by atoms with Crippen LogP contribution in [0.5, 0.6) is 0 Å². The number of methoxy groups -OCH3 is 1. The third kappa shape index (κ3) is 2.69. The van der Waals surface area contributed by atoms with Gasteiger partial charge in [0.25, 0.3) is 0 Å². The van der Waals surface area contributed by atoms with Gasteiger partial charge in [-0.05, 0) is 38.5 Å². The molecule has 6 nitrogen and oxygen atoms in total. The van der Waals surface area contributed by atoms with E-state index in [2.05, 4.69) is 10.1 Å². The minimum Gasteiger partial charge on any atom is -0.468 e. The number of aromatic nitrogens is 2. The number of nitrogens with zero attached hydrogens (tertiary/aromatic N) is 2. The maximum absolute atomic E-state index is 12.1. The van der Waals surface area contributed by atoms with Gasteiger partial charge in [-0.25, -0.2) is 0 Å². The maximum Gasteiger partial charge on any atom is 0.318 e. The molecule has 0 bridgehead atoms. The van der Waals surface area contributed by atoms with Crippen LogP contribution >= 0.6 is 0 Å². The Morgan fingerprint density at radius 3 is 2.76 bits per heavy atom. The molecule has 0 amide bonds. The normalized spacial score (nSPS) is 27.9. The molecule has 2 atom stereocenters. The summed E-state index contributed by atoms with van der Waals surface area (Å²) in [6, 6.07) is 0. The van der Waals surface area contributed by atoms with E-state index >= 15 is 0 Å². The van der Waals surface area contributed by atoms with Crippen LogP contribution in [0.3, 0.4) is 0 Å². The van der Waals surface area contributed by atoms with Gasteiger partial charge in [-0.1, -0.05) is 18.0 Å². The molecule has 0 spiro atoms. The fourth-order valence-electron chi connectivity index (χ4n) is 3.44. The topological polar surface area (TPSA) is 74.5 Å². The molecule has 3 rings (SSSR count). The van der Waals surface area contributed by atoms with E-state index in [9.17, 15) is 4.79 Å². The summed E-state index contributed by atoms with van der Waals surface area (Å²) in [5.41, 5.74) is -0.488. The molecule has 6 heteroatoms. The van der Waals surface area contributed by atoms with Gasteiger partial charge in [0.1, 0.15) is 11.5 Å². The number of ether oxygens (including phenoxy) is 2. The smallest absolute Gasteiger partial charge is 0.318 e. The lowest BCUT2D eigenvalue weighted by Crippen LogP contribution is -2.24. The zero-order valence-corrected chi connectivity index (χ0v) is 12.6. The maximum atomic E-state index is 12.1. The third-order valence-corrected chi connectivity index (χ3v) is 4.73. The molecule has 1 aliphatic heterocycles. The second-order valence-electron chi connectivity index (χ2n) is 6.18. The predicted molar refractivity (Wildman–Crippen MR) is 73.6 cm³/mol. The van der Waals surface area contributed by atoms with Gasteiger partial charge in [0, 0.05) is 6.61 Å². The van der Waals surface area contributed by atoms with Crippen molar-refractivity contribution in [2.24, 2.45) is 5.92 Å². The average Bonchev–Trinajstić information content (AvgIpc) is 3.20. The van der Waals surface area contributed by atoms with Crippen molar-refractivity contribution in [3.63, 3.8) is 0 Å². The van der Waals surface area contributed by atoms with Crippen LogP contribution in [0, 0.1) is 5.92 Å². The van der Waals surface area contributed by atoms with Crippen LogP contribution in [-0.4, -0.2) is 29.8 Å². The highest BCUT2D eigenvalue weighted by Crippen LogP contribution is 2.39. The molecule has 1 aromatic rings. The van der Waals surface area contributed by atoms with Crippen molar-refractivity contribution in [1.29, 1.82) is 0 Å². The summed E-state index contributed by atoms with van der Waals surface area (Å²) in [4.78, 5) is 16.6. The highest BCUT2D eigenvalue weighted by molar-refractivity contribution is 5.77. The molecule has 0 N–H and O–H groups in total. The van der Waals surface area contributed by atoms with Gasteiger partial charge in [-0.2, -0.15) is 4.98 Å². The van der Waals surface area contributed by atoms with E-state index < -0.39 is 11.5 Å². The summed E-state index contributed by atoms with van der Waals surface area (Å²) in [7, 11) is 1.41. The summed E-state index contributed by atoms with van der Waals surface area (Å²) >= 11 is 0. The molecule has 2 fully saturated rings. The molecule has 0 radical (unpaired) electrons. The minimum absolute atomic E-state index is 0.239. The second-order valence-corrected chi connectivity index (χ2v) is 6.18. The fraction of sp³-hybridized carbons (Fsp3) is 0.800. The highest BCUT2D eigenvalue weighted by atomic mass is 16.5. The number of carbonyl (C=O) groups excluding carboxylic acids is 1. The van der Waals surface area contributed by atoms with Crippen molar-refractivity contribution in [1.82, 2.24) is 10.1 Å². The van der Waals surface area contributed by atoms with Gasteiger partial charge < -0.3 is 14.0 Å². The highest BCUT2D eigenvalue weighted by Gasteiger charge is 2.41. The van der Waals surface area contributed by atoms with Crippen LogP contribution in [0.4, 0.5) is 0 Å². The van der Waals surface area contributed by atoms with Crippen molar-refractivity contribution >= 4 is 5.97 Å². The van der Waals surface area contributed by atoms with Crippen LogP contribution in [0.15, 0.2) is 4.52 Å². The molecule has 1 aliphatic carbocycles. The summed E-state index contributed by atoms with van der Waals surface area (Å²) in [5, 5.41) is 4.06. The van der Waals surface area contributed by atoms with Crippen molar-refractivity contribution in [3.05, 3.63) is 11.7 Å². The lowest BCUT2D eigenvalue weighted by molar-refractivity contribution is -0.144. The molecule has 2 aliphatic rings. The number of rotatable bonds is 4. The Morgan fingerprint density at radius 2 is 2.14 bits per heavy atom. The van der Waals surface area contributed by atoms with E-state index in [1.807, 2.05) is 6.92 Å². The monoisotopic (exact) mass is 294 g/mol.